The topological polar surface area (TPSA) is 84.1 Å². The van der Waals surface area contributed by atoms with Gasteiger partial charge >= 0.3 is 5.97 Å². The molecule has 0 amide bonds. The maximum absolute atomic E-state index is 11.0. The van der Waals surface area contributed by atoms with Crippen molar-refractivity contribution in [3.63, 3.8) is 0 Å². The SMILES string of the molecule is Cc1cc(C)n(-c2ccc(N3CCC(C(=O)O)CC3)nn2)n1. The molecule has 7 nitrogen and oxygen atoms in total. The van der Waals surface area contributed by atoms with Crippen LogP contribution in [0.4, 0.5) is 5.82 Å². The molecule has 22 heavy (non-hydrogen) atoms. The fourth-order valence-corrected chi connectivity index (χ4v) is 2.82. The molecule has 0 bridgehead atoms. The van der Waals surface area contributed by atoms with Gasteiger partial charge in [0.25, 0.3) is 0 Å². The molecule has 1 aliphatic rings. The lowest BCUT2D eigenvalue weighted by Gasteiger charge is -2.30. The normalized spacial score (nSPS) is 16.0. The van der Waals surface area contributed by atoms with Crippen LogP contribution in [0, 0.1) is 19.8 Å². The summed E-state index contributed by atoms with van der Waals surface area (Å²) in [6.07, 6.45) is 1.30. The second kappa shape index (κ2) is 5.75. The van der Waals surface area contributed by atoms with Crippen LogP contribution in [0.3, 0.4) is 0 Å². The zero-order chi connectivity index (χ0) is 15.7. The molecular formula is C15H19N5O2. The van der Waals surface area contributed by atoms with E-state index in [9.17, 15) is 4.79 Å². The number of anilines is 1. The van der Waals surface area contributed by atoms with E-state index in [1.165, 1.54) is 0 Å². The van der Waals surface area contributed by atoms with Gasteiger partial charge in [0.15, 0.2) is 11.6 Å². The van der Waals surface area contributed by atoms with Crippen LogP contribution >= 0.6 is 0 Å². The van der Waals surface area contributed by atoms with E-state index in [1.807, 2.05) is 32.0 Å². The highest BCUT2D eigenvalue weighted by Gasteiger charge is 2.25. The summed E-state index contributed by atoms with van der Waals surface area (Å²) in [4.78, 5) is 13.1. The summed E-state index contributed by atoms with van der Waals surface area (Å²) in [6.45, 7) is 5.32. The van der Waals surface area contributed by atoms with E-state index >= 15 is 0 Å². The van der Waals surface area contributed by atoms with Crippen molar-refractivity contribution >= 4 is 11.8 Å². The molecule has 1 N–H and O–H groups in total. The van der Waals surface area contributed by atoms with E-state index in [-0.39, 0.29) is 5.92 Å². The van der Waals surface area contributed by atoms with E-state index in [0.717, 1.165) is 17.2 Å². The molecule has 0 spiro atoms. The Morgan fingerprint density at radius 1 is 1.18 bits per heavy atom. The van der Waals surface area contributed by atoms with Gasteiger partial charge < -0.3 is 10.0 Å². The maximum Gasteiger partial charge on any atom is 0.306 e. The molecule has 2 aromatic heterocycles. The molecule has 0 saturated carbocycles. The van der Waals surface area contributed by atoms with E-state index in [1.54, 1.807) is 4.68 Å². The van der Waals surface area contributed by atoms with Gasteiger partial charge in [-0.15, -0.1) is 10.2 Å². The number of rotatable bonds is 3. The number of aryl methyl sites for hydroxylation is 2. The van der Waals surface area contributed by atoms with Crippen molar-refractivity contribution in [2.75, 3.05) is 18.0 Å². The summed E-state index contributed by atoms with van der Waals surface area (Å²) in [5.41, 5.74) is 1.96. The average Bonchev–Trinajstić information content (AvgIpc) is 2.86. The van der Waals surface area contributed by atoms with Gasteiger partial charge in [0.05, 0.1) is 11.6 Å². The number of carboxylic acid groups (broad SMARTS) is 1. The van der Waals surface area contributed by atoms with E-state index < -0.39 is 5.97 Å². The molecule has 0 atom stereocenters. The summed E-state index contributed by atoms with van der Waals surface area (Å²) in [5.74, 6) is 0.535. The molecule has 2 aromatic rings. The number of nitrogens with zero attached hydrogens (tertiary/aromatic N) is 5. The van der Waals surface area contributed by atoms with Gasteiger partial charge in [-0.05, 0) is 44.9 Å². The van der Waals surface area contributed by atoms with Crippen LogP contribution in [0.5, 0.6) is 0 Å². The second-order valence-electron chi connectivity index (χ2n) is 5.69. The Morgan fingerprint density at radius 2 is 1.82 bits per heavy atom. The first-order valence-electron chi connectivity index (χ1n) is 7.40. The third kappa shape index (κ3) is 2.79. The number of aliphatic carboxylic acids is 1. The molecule has 0 radical (unpaired) electrons. The summed E-state index contributed by atoms with van der Waals surface area (Å²) >= 11 is 0. The van der Waals surface area contributed by atoms with Crippen molar-refractivity contribution in [1.82, 2.24) is 20.0 Å². The van der Waals surface area contributed by atoms with Crippen molar-refractivity contribution in [3.05, 3.63) is 29.6 Å². The van der Waals surface area contributed by atoms with Gasteiger partial charge in [0.2, 0.25) is 0 Å². The lowest BCUT2D eigenvalue weighted by molar-refractivity contribution is -0.142. The minimum absolute atomic E-state index is 0.238. The second-order valence-corrected chi connectivity index (χ2v) is 5.69. The molecule has 3 heterocycles. The van der Waals surface area contributed by atoms with Gasteiger partial charge in [-0.25, -0.2) is 4.68 Å². The van der Waals surface area contributed by atoms with E-state index in [2.05, 4.69) is 20.2 Å². The van der Waals surface area contributed by atoms with Crippen LogP contribution < -0.4 is 4.90 Å². The number of carbonyl (C=O) groups is 1. The zero-order valence-electron chi connectivity index (χ0n) is 12.7. The number of aromatic nitrogens is 4. The number of carboxylic acids is 1. The standard InChI is InChI=1S/C15H19N5O2/c1-10-9-11(2)20(18-10)14-4-3-13(16-17-14)19-7-5-12(6-8-19)15(21)22/h3-4,9,12H,5-8H2,1-2H3,(H,21,22). The van der Waals surface area contributed by atoms with Crippen LogP contribution in [0.2, 0.25) is 0 Å². The molecule has 0 unspecified atom stereocenters. The highest BCUT2D eigenvalue weighted by molar-refractivity contribution is 5.70. The van der Waals surface area contributed by atoms with Crippen molar-refractivity contribution < 1.29 is 9.90 Å². The van der Waals surface area contributed by atoms with E-state index in [0.29, 0.717) is 31.7 Å². The van der Waals surface area contributed by atoms with E-state index in [4.69, 9.17) is 5.11 Å². The van der Waals surface area contributed by atoms with Crippen LogP contribution in [0.15, 0.2) is 18.2 Å². The van der Waals surface area contributed by atoms with Crippen molar-refractivity contribution in [3.8, 4) is 5.82 Å². The van der Waals surface area contributed by atoms with Crippen LogP contribution in [-0.2, 0) is 4.79 Å². The van der Waals surface area contributed by atoms with Crippen molar-refractivity contribution in [1.29, 1.82) is 0 Å². The van der Waals surface area contributed by atoms with Gasteiger partial charge in [-0.2, -0.15) is 5.10 Å². The maximum atomic E-state index is 11.0. The first-order valence-corrected chi connectivity index (χ1v) is 7.40. The fraction of sp³-hybridized carbons (Fsp3) is 0.467. The molecule has 0 aliphatic carbocycles. The molecule has 7 heteroatoms. The van der Waals surface area contributed by atoms with Crippen LogP contribution in [0.1, 0.15) is 24.2 Å². The molecule has 1 fully saturated rings. The smallest absolute Gasteiger partial charge is 0.306 e. The monoisotopic (exact) mass is 301 g/mol. The molecule has 116 valence electrons. The number of hydrogen-bond donors (Lipinski definition) is 1. The highest BCUT2D eigenvalue weighted by Crippen LogP contribution is 2.22. The van der Waals surface area contributed by atoms with Gasteiger partial charge in [-0.1, -0.05) is 0 Å². The Balaban J connectivity index is 1.72. The number of piperidine rings is 1. The lowest BCUT2D eigenvalue weighted by Crippen LogP contribution is -2.36. The van der Waals surface area contributed by atoms with Crippen molar-refractivity contribution in [2.45, 2.75) is 26.7 Å². The summed E-state index contributed by atoms with van der Waals surface area (Å²) in [6, 6.07) is 5.80. The minimum atomic E-state index is -0.703. The van der Waals surface area contributed by atoms with Crippen LogP contribution in [-0.4, -0.2) is 44.1 Å². The Bertz CT molecular complexity index is 672. The predicted octanol–water partition coefficient (Wildman–Crippen LogP) is 1.58. The lowest BCUT2D eigenvalue weighted by atomic mass is 9.97. The minimum Gasteiger partial charge on any atom is -0.481 e. The molecule has 0 aromatic carbocycles. The first kappa shape index (κ1) is 14.5. The largest absolute Gasteiger partial charge is 0.481 e. The average molecular weight is 301 g/mol. The number of hydrogen-bond acceptors (Lipinski definition) is 5. The van der Waals surface area contributed by atoms with Gasteiger partial charge in [0, 0.05) is 18.8 Å². The Hall–Kier alpha value is -2.44. The van der Waals surface area contributed by atoms with Gasteiger partial charge in [0.1, 0.15) is 0 Å². The molecular weight excluding hydrogens is 282 g/mol. The third-order valence-electron chi connectivity index (χ3n) is 4.03. The molecule has 1 aliphatic heterocycles. The predicted molar refractivity (Wildman–Crippen MR) is 81.2 cm³/mol. The molecule has 3 rings (SSSR count). The van der Waals surface area contributed by atoms with Crippen LogP contribution in [0.25, 0.3) is 5.82 Å². The summed E-state index contributed by atoms with van der Waals surface area (Å²) in [5, 5.41) is 21.9. The fourth-order valence-electron chi connectivity index (χ4n) is 2.82. The summed E-state index contributed by atoms with van der Waals surface area (Å²) in [7, 11) is 0. The third-order valence-corrected chi connectivity index (χ3v) is 4.03. The molecule has 1 saturated heterocycles. The summed E-state index contributed by atoms with van der Waals surface area (Å²) < 4.78 is 1.77. The Kier molecular flexibility index (Phi) is 3.79. The first-order chi connectivity index (χ1) is 10.5. The Labute approximate surface area is 128 Å². The Morgan fingerprint density at radius 3 is 2.32 bits per heavy atom. The zero-order valence-corrected chi connectivity index (χ0v) is 12.7. The van der Waals surface area contributed by atoms with Gasteiger partial charge in [-0.3, -0.25) is 4.79 Å². The van der Waals surface area contributed by atoms with Crippen molar-refractivity contribution in [2.24, 2.45) is 5.92 Å². The quantitative estimate of drug-likeness (QED) is 0.926. The highest BCUT2D eigenvalue weighted by atomic mass is 16.4.